The van der Waals surface area contributed by atoms with Crippen molar-refractivity contribution in [3.8, 4) is 5.88 Å². The molecule has 0 aromatic carbocycles. The van der Waals surface area contributed by atoms with E-state index in [0.717, 1.165) is 44.3 Å². The number of nitrogens with zero attached hydrogens (tertiary/aromatic N) is 2. The Balaban J connectivity index is 0.000000479. The van der Waals surface area contributed by atoms with E-state index < -0.39 is 12.1 Å². The molecule has 1 aromatic rings. The highest BCUT2D eigenvalue weighted by atomic mass is 19.4. The highest BCUT2D eigenvalue weighted by Crippen LogP contribution is 2.39. The number of aliphatic carboxylic acids is 1. The van der Waals surface area contributed by atoms with Crippen molar-refractivity contribution in [3.05, 3.63) is 23.9 Å². The summed E-state index contributed by atoms with van der Waals surface area (Å²) in [5.74, 6) is -1.40. The average molecular weight is 476 g/mol. The van der Waals surface area contributed by atoms with Crippen LogP contribution in [0.25, 0.3) is 0 Å². The quantitative estimate of drug-likeness (QED) is 0.580. The Kier molecular flexibility index (Phi) is 9.47. The third kappa shape index (κ3) is 7.85. The van der Waals surface area contributed by atoms with Gasteiger partial charge in [-0.1, -0.05) is 19.9 Å². The molecule has 3 rings (SSSR count). The number of carbonyl (C=O) groups is 2. The number of piperidine rings is 1. The Morgan fingerprint density at radius 1 is 1.21 bits per heavy atom. The number of likely N-dealkylation sites (tertiary alicyclic amines) is 1. The zero-order chi connectivity index (χ0) is 24.8. The molecule has 2 heterocycles. The number of pyridine rings is 1. The highest BCUT2D eigenvalue weighted by molar-refractivity contribution is 5.78. The van der Waals surface area contributed by atoms with Gasteiger partial charge < -0.3 is 25.2 Å². The molecular weight excluding hydrogens is 443 g/mol. The van der Waals surface area contributed by atoms with E-state index in [4.69, 9.17) is 14.6 Å². The molecule has 1 atom stereocenters. The molecule has 0 radical (unpaired) electrons. The molecule has 1 aliphatic heterocycles. The molecule has 2 fully saturated rings. The van der Waals surface area contributed by atoms with Crippen LogP contribution in [0.2, 0.25) is 0 Å². The van der Waals surface area contributed by atoms with Crippen molar-refractivity contribution in [1.29, 1.82) is 0 Å². The summed E-state index contributed by atoms with van der Waals surface area (Å²) in [6, 6.07) is 4.53. The minimum atomic E-state index is -5.08. The second-order valence-electron chi connectivity index (χ2n) is 8.72. The van der Waals surface area contributed by atoms with E-state index in [0.29, 0.717) is 17.8 Å². The maximum Gasteiger partial charge on any atom is 0.490 e. The topological polar surface area (TPSA) is 112 Å². The van der Waals surface area contributed by atoms with E-state index in [-0.39, 0.29) is 24.0 Å². The highest BCUT2D eigenvalue weighted by Gasteiger charge is 2.38. The Bertz CT molecular complexity index is 774. The zero-order valence-electron chi connectivity index (χ0n) is 19.0. The first-order valence-electron chi connectivity index (χ1n) is 10.9. The second-order valence-corrected chi connectivity index (χ2v) is 8.72. The van der Waals surface area contributed by atoms with Gasteiger partial charge in [0, 0.05) is 43.4 Å². The smallest absolute Gasteiger partial charge is 0.481 e. The molecule has 0 spiro atoms. The molecule has 2 aliphatic rings. The van der Waals surface area contributed by atoms with Gasteiger partial charge in [0.25, 0.3) is 0 Å². The van der Waals surface area contributed by atoms with Gasteiger partial charge in [0.15, 0.2) is 0 Å². The third-order valence-electron chi connectivity index (χ3n) is 5.91. The lowest BCUT2D eigenvalue weighted by Gasteiger charge is -2.42. The van der Waals surface area contributed by atoms with Crippen LogP contribution in [-0.2, 0) is 9.59 Å². The van der Waals surface area contributed by atoms with Crippen LogP contribution >= 0.6 is 0 Å². The number of carboxylic acids is 1. The van der Waals surface area contributed by atoms with E-state index in [1.54, 1.807) is 7.11 Å². The van der Waals surface area contributed by atoms with Gasteiger partial charge in [-0.2, -0.15) is 13.2 Å². The largest absolute Gasteiger partial charge is 0.490 e. The van der Waals surface area contributed by atoms with Crippen LogP contribution in [0.5, 0.6) is 5.88 Å². The minimum absolute atomic E-state index is 0.0640. The number of aliphatic hydroxyl groups excluding tert-OH is 1. The predicted molar refractivity (Wildman–Crippen MR) is 114 cm³/mol. The van der Waals surface area contributed by atoms with Gasteiger partial charge in [0.2, 0.25) is 11.8 Å². The molecule has 33 heavy (non-hydrogen) atoms. The standard InChI is InChI=1S/C20H31N3O3.C2HF3O2/c1-13(2)20(25)23-8-6-16(7-9-23)22-19(15-10-17(24)11-15)14-4-5-18(26-3)21-12-14;3-2(4,5)1(6)7/h4-5,12-13,15-17,19,22,24H,6-11H2,1-3H3;(H,6,7). The van der Waals surface area contributed by atoms with Crippen molar-refractivity contribution in [3.63, 3.8) is 0 Å². The molecule has 186 valence electrons. The van der Waals surface area contributed by atoms with Crippen LogP contribution in [0.1, 0.15) is 51.1 Å². The first kappa shape index (κ1) is 26.8. The van der Waals surface area contributed by atoms with Crippen LogP contribution in [0.4, 0.5) is 13.2 Å². The van der Waals surface area contributed by atoms with Crippen molar-refractivity contribution in [1.82, 2.24) is 15.2 Å². The normalized spacial score (nSPS) is 22.1. The number of methoxy groups -OCH3 is 1. The van der Waals surface area contributed by atoms with Crippen molar-refractivity contribution in [2.75, 3.05) is 20.2 Å². The van der Waals surface area contributed by atoms with Crippen LogP contribution < -0.4 is 10.1 Å². The Hall–Kier alpha value is -2.40. The van der Waals surface area contributed by atoms with Crippen LogP contribution in [0.3, 0.4) is 0 Å². The number of aromatic nitrogens is 1. The number of hydrogen-bond donors (Lipinski definition) is 3. The maximum absolute atomic E-state index is 12.2. The van der Waals surface area contributed by atoms with E-state index in [1.165, 1.54) is 0 Å². The fourth-order valence-electron chi connectivity index (χ4n) is 3.99. The summed E-state index contributed by atoms with van der Waals surface area (Å²) in [7, 11) is 1.62. The summed E-state index contributed by atoms with van der Waals surface area (Å²) >= 11 is 0. The molecule has 1 aromatic heterocycles. The number of carbonyl (C=O) groups excluding carboxylic acids is 1. The molecule has 1 unspecified atom stereocenters. The van der Waals surface area contributed by atoms with E-state index in [2.05, 4.69) is 16.4 Å². The summed E-state index contributed by atoms with van der Waals surface area (Å²) in [6.07, 6.45) is 0.198. The first-order valence-corrected chi connectivity index (χ1v) is 10.9. The summed E-state index contributed by atoms with van der Waals surface area (Å²) in [5, 5.41) is 20.7. The molecule has 1 aliphatic carbocycles. The van der Waals surface area contributed by atoms with Gasteiger partial charge in [0.1, 0.15) is 0 Å². The number of aliphatic hydroxyl groups is 1. The number of hydrogen-bond acceptors (Lipinski definition) is 6. The number of carboxylic acid groups (broad SMARTS) is 1. The fraction of sp³-hybridized carbons (Fsp3) is 0.682. The lowest BCUT2D eigenvalue weighted by atomic mass is 9.75. The Morgan fingerprint density at radius 3 is 2.18 bits per heavy atom. The second kappa shape index (κ2) is 11.6. The summed E-state index contributed by atoms with van der Waals surface area (Å²) in [5.41, 5.74) is 1.14. The van der Waals surface area contributed by atoms with E-state index in [9.17, 15) is 23.1 Å². The van der Waals surface area contributed by atoms with Gasteiger partial charge in [-0.25, -0.2) is 9.78 Å². The van der Waals surface area contributed by atoms with Crippen molar-refractivity contribution < 1.29 is 37.7 Å². The molecule has 1 saturated carbocycles. The fourth-order valence-corrected chi connectivity index (χ4v) is 3.99. The SMILES string of the molecule is COc1ccc(C(NC2CCN(C(=O)C(C)C)CC2)C2CC(O)C2)cn1.O=C(O)C(F)(F)F. The molecule has 1 amide bonds. The van der Waals surface area contributed by atoms with Gasteiger partial charge in [-0.05, 0) is 37.2 Å². The summed E-state index contributed by atoms with van der Waals surface area (Å²) in [4.78, 5) is 27.4. The molecule has 1 saturated heterocycles. The van der Waals surface area contributed by atoms with Crippen molar-refractivity contribution in [2.24, 2.45) is 11.8 Å². The minimum Gasteiger partial charge on any atom is -0.481 e. The molecule has 3 N–H and O–H groups in total. The Labute approximate surface area is 191 Å². The molecule has 11 heteroatoms. The lowest BCUT2D eigenvalue weighted by Crippen LogP contribution is -2.49. The number of rotatable bonds is 6. The van der Waals surface area contributed by atoms with Gasteiger partial charge in [0.05, 0.1) is 13.2 Å². The summed E-state index contributed by atoms with van der Waals surface area (Å²) in [6.45, 7) is 5.55. The van der Waals surface area contributed by atoms with Crippen molar-refractivity contribution in [2.45, 2.75) is 63.9 Å². The van der Waals surface area contributed by atoms with Gasteiger partial charge in [-0.3, -0.25) is 4.79 Å². The van der Waals surface area contributed by atoms with E-state index >= 15 is 0 Å². The van der Waals surface area contributed by atoms with Crippen LogP contribution in [0.15, 0.2) is 18.3 Å². The Morgan fingerprint density at radius 2 is 1.79 bits per heavy atom. The van der Waals surface area contributed by atoms with Gasteiger partial charge in [-0.15, -0.1) is 0 Å². The predicted octanol–water partition coefficient (Wildman–Crippen LogP) is 2.77. The zero-order valence-corrected chi connectivity index (χ0v) is 19.0. The number of alkyl halides is 3. The third-order valence-corrected chi connectivity index (χ3v) is 5.91. The van der Waals surface area contributed by atoms with Crippen molar-refractivity contribution >= 4 is 11.9 Å². The average Bonchev–Trinajstić information content (AvgIpc) is 2.75. The maximum atomic E-state index is 12.2. The van der Waals surface area contributed by atoms with Crippen LogP contribution in [-0.4, -0.2) is 70.5 Å². The number of amides is 1. The number of nitrogens with one attached hydrogen (secondary N) is 1. The molecular formula is C22H32F3N3O5. The summed E-state index contributed by atoms with van der Waals surface area (Å²) < 4.78 is 36.9. The lowest BCUT2D eigenvalue weighted by molar-refractivity contribution is -0.192. The van der Waals surface area contributed by atoms with Crippen LogP contribution in [0, 0.1) is 11.8 Å². The monoisotopic (exact) mass is 475 g/mol. The van der Waals surface area contributed by atoms with E-state index in [1.807, 2.05) is 31.0 Å². The molecule has 8 nitrogen and oxygen atoms in total. The number of ether oxygens (including phenoxy) is 1. The number of halogens is 3. The molecule has 0 bridgehead atoms. The van der Waals surface area contributed by atoms with Gasteiger partial charge >= 0.3 is 12.1 Å². The first-order chi connectivity index (χ1) is 15.4.